The first-order valence-corrected chi connectivity index (χ1v) is 7.17. The van der Waals surface area contributed by atoms with Crippen molar-refractivity contribution in [2.75, 3.05) is 0 Å². The van der Waals surface area contributed by atoms with Gasteiger partial charge in [-0.1, -0.05) is 12.1 Å². The number of carboxylic acids is 1. The van der Waals surface area contributed by atoms with Gasteiger partial charge in [0, 0.05) is 10.6 Å². The van der Waals surface area contributed by atoms with Gasteiger partial charge in [0.25, 0.3) is 0 Å². The van der Waals surface area contributed by atoms with Gasteiger partial charge in [-0.15, -0.1) is 11.8 Å². The maximum Gasteiger partial charge on any atom is 0.338 e. The lowest BCUT2D eigenvalue weighted by Gasteiger charge is -2.06. The maximum absolute atomic E-state index is 13.6. The van der Waals surface area contributed by atoms with Gasteiger partial charge in [0.05, 0.1) is 5.56 Å². The Morgan fingerprint density at radius 1 is 1.15 bits per heavy atom. The summed E-state index contributed by atoms with van der Waals surface area (Å²) in [7, 11) is 0. The van der Waals surface area contributed by atoms with E-state index in [1.54, 1.807) is 17.8 Å². The minimum Gasteiger partial charge on any atom is -0.478 e. The van der Waals surface area contributed by atoms with E-state index in [4.69, 9.17) is 5.11 Å². The molecule has 0 aliphatic carbocycles. The molecule has 2 rings (SSSR count). The van der Waals surface area contributed by atoms with Gasteiger partial charge in [-0.2, -0.15) is 0 Å². The van der Waals surface area contributed by atoms with Crippen molar-refractivity contribution in [2.24, 2.45) is 0 Å². The molecule has 4 heteroatoms. The Hall–Kier alpha value is -1.81. The first-order chi connectivity index (χ1) is 9.47. The lowest BCUT2D eigenvalue weighted by Crippen LogP contribution is -2.00. The largest absolute Gasteiger partial charge is 0.478 e. The molecule has 0 atom stereocenters. The first-order valence-electron chi connectivity index (χ1n) is 6.19. The van der Waals surface area contributed by atoms with Gasteiger partial charge in [0.2, 0.25) is 0 Å². The fraction of sp³-hybridized carbons (Fsp3) is 0.188. The third-order valence-corrected chi connectivity index (χ3v) is 4.21. The number of benzene rings is 2. The van der Waals surface area contributed by atoms with Gasteiger partial charge in [-0.05, 0) is 54.8 Å². The van der Waals surface area contributed by atoms with E-state index in [9.17, 15) is 9.18 Å². The van der Waals surface area contributed by atoms with Crippen molar-refractivity contribution in [2.45, 2.75) is 24.5 Å². The fourth-order valence-corrected chi connectivity index (χ4v) is 2.73. The molecule has 0 saturated carbocycles. The number of aromatic carboxylic acids is 1. The van der Waals surface area contributed by atoms with Crippen LogP contribution in [0.25, 0.3) is 0 Å². The SMILES string of the molecule is Cc1ccc(SCc2ccc(C(=O)O)c(F)c2)cc1C. The molecule has 2 aromatic rings. The molecule has 104 valence electrons. The number of aryl methyl sites for hydroxylation is 2. The van der Waals surface area contributed by atoms with Gasteiger partial charge in [-0.25, -0.2) is 9.18 Å². The van der Waals surface area contributed by atoms with Crippen LogP contribution in [0.2, 0.25) is 0 Å². The molecule has 0 spiro atoms. The van der Waals surface area contributed by atoms with E-state index >= 15 is 0 Å². The molecule has 0 fully saturated rings. The molecule has 20 heavy (non-hydrogen) atoms. The van der Waals surface area contributed by atoms with Crippen molar-refractivity contribution in [3.8, 4) is 0 Å². The van der Waals surface area contributed by atoms with E-state index < -0.39 is 11.8 Å². The Labute approximate surface area is 121 Å². The second-order valence-electron chi connectivity index (χ2n) is 4.65. The number of thioether (sulfide) groups is 1. The van der Waals surface area contributed by atoms with Crippen molar-refractivity contribution in [3.63, 3.8) is 0 Å². The number of hydrogen-bond donors (Lipinski definition) is 1. The second kappa shape index (κ2) is 6.09. The Balaban J connectivity index is 2.09. The lowest BCUT2D eigenvalue weighted by atomic mass is 10.1. The molecule has 0 unspecified atom stereocenters. The zero-order chi connectivity index (χ0) is 14.7. The van der Waals surface area contributed by atoms with Crippen molar-refractivity contribution in [1.82, 2.24) is 0 Å². The van der Waals surface area contributed by atoms with Gasteiger partial charge in [0.1, 0.15) is 5.82 Å². The fourth-order valence-electron chi connectivity index (χ4n) is 1.79. The van der Waals surface area contributed by atoms with Crippen molar-refractivity contribution in [1.29, 1.82) is 0 Å². The number of rotatable bonds is 4. The van der Waals surface area contributed by atoms with Crippen LogP contribution >= 0.6 is 11.8 Å². The molecule has 1 N–H and O–H groups in total. The summed E-state index contributed by atoms with van der Waals surface area (Å²) in [6, 6.07) is 10.5. The third kappa shape index (κ3) is 3.39. The summed E-state index contributed by atoms with van der Waals surface area (Å²) in [5.41, 5.74) is 2.95. The summed E-state index contributed by atoms with van der Waals surface area (Å²) in [5, 5.41) is 8.78. The average Bonchev–Trinajstić information content (AvgIpc) is 2.40. The van der Waals surface area contributed by atoms with Crippen molar-refractivity contribution >= 4 is 17.7 Å². The highest BCUT2D eigenvalue weighted by Gasteiger charge is 2.10. The number of hydrogen-bond acceptors (Lipinski definition) is 2. The van der Waals surface area contributed by atoms with Crippen LogP contribution in [0.4, 0.5) is 4.39 Å². The van der Waals surface area contributed by atoms with E-state index in [-0.39, 0.29) is 5.56 Å². The predicted molar refractivity (Wildman–Crippen MR) is 78.8 cm³/mol. The Bertz CT molecular complexity index is 653. The van der Waals surface area contributed by atoms with Crippen LogP contribution in [0.3, 0.4) is 0 Å². The number of carbonyl (C=O) groups is 1. The van der Waals surface area contributed by atoms with Crippen LogP contribution in [0.15, 0.2) is 41.3 Å². The molecule has 0 saturated heterocycles. The summed E-state index contributed by atoms with van der Waals surface area (Å²) in [4.78, 5) is 11.9. The van der Waals surface area contributed by atoms with Gasteiger partial charge >= 0.3 is 5.97 Å². The molecule has 0 aromatic heterocycles. The van der Waals surface area contributed by atoms with Gasteiger partial charge < -0.3 is 5.11 Å². The molecular formula is C16H15FO2S. The Morgan fingerprint density at radius 3 is 2.50 bits per heavy atom. The quantitative estimate of drug-likeness (QED) is 0.846. The van der Waals surface area contributed by atoms with Gasteiger partial charge in [0.15, 0.2) is 0 Å². The molecule has 0 amide bonds. The van der Waals surface area contributed by atoms with E-state index in [1.807, 2.05) is 6.07 Å². The summed E-state index contributed by atoms with van der Waals surface area (Å²) in [5.74, 6) is -1.31. The minimum atomic E-state index is -1.24. The molecule has 2 nitrogen and oxygen atoms in total. The normalized spacial score (nSPS) is 10.6. The van der Waals surface area contributed by atoms with E-state index in [0.29, 0.717) is 5.75 Å². The highest BCUT2D eigenvalue weighted by atomic mass is 32.2. The molecule has 0 aliphatic heterocycles. The topological polar surface area (TPSA) is 37.3 Å². The zero-order valence-corrected chi connectivity index (χ0v) is 12.1. The molecule has 0 bridgehead atoms. The van der Waals surface area contributed by atoms with E-state index in [0.717, 1.165) is 10.5 Å². The van der Waals surface area contributed by atoms with Gasteiger partial charge in [-0.3, -0.25) is 0 Å². The number of halogens is 1. The third-order valence-electron chi connectivity index (χ3n) is 3.15. The summed E-state index contributed by atoms with van der Waals surface area (Å²) in [6.07, 6.45) is 0. The second-order valence-corrected chi connectivity index (χ2v) is 5.70. The highest BCUT2D eigenvalue weighted by molar-refractivity contribution is 7.98. The predicted octanol–water partition coefficient (Wildman–Crippen LogP) is 4.43. The van der Waals surface area contributed by atoms with Crippen LogP contribution in [0, 0.1) is 19.7 Å². The lowest BCUT2D eigenvalue weighted by molar-refractivity contribution is 0.0692. The van der Waals surface area contributed by atoms with Crippen LogP contribution in [-0.4, -0.2) is 11.1 Å². The van der Waals surface area contributed by atoms with Crippen LogP contribution < -0.4 is 0 Å². The monoisotopic (exact) mass is 290 g/mol. The molecule has 2 aromatic carbocycles. The number of carboxylic acid groups (broad SMARTS) is 1. The Morgan fingerprint density at radius 2 is 1.90 bits per heavy atom. The molecule has 0 radical (unpaired) electrons. The van der Waals surface area contributed by atoms with Crippen LogP contribution in [0.1, 0.15) is 27.0 Å². The minimum absolute atomic E-state index is 0.287. The first kappa shape index (κ1) is 14.6. The van der Waals surface area contributed by atoms with Crippen molar-refractivity contribution < 1.29 is 14.3 Å². The average molecular weight is 290 g/mol. The smallest absolute Gasteiger partial charge is 0.338 e. The Kier molecular flexibility index (Phi) is 4.45. The van der Waals surface area contributed by atoms with Crippen molar-refractivity contribution in [3.05, 3.63) is 64.5 Å². The van der Waals surface area contributed by atoms with E-state index in [2.05, 4.69) is 26.0 Å². The van der Waals surface area contributed by atoms with E-state index in [1.165, 1.54) is 23.3 Å². The molecule has 0 heterocycles. The highest BCUT2D eigenvalue weighted by Crippen LogP contribution is 2.25. The summed E-state index contributed by atoms with van der Waals surface area (Å²) in [6.45, 7) is 4.12. The molecular weight excluding hydrogens is 275 g/mol. The van der Waals surface area contributed by atoms with Crippen LogP contribution in [-0.2, 0) is 5.75 Å². The standard InChI is InChI=1S/C16H15FO2S/c1-10-3-5-13(7-11(10)2)20-9-12-4-6-14(16(18)19)15(17)8-12/h3-8H,9H2,1-2H3,(H,18,19). The summed E-state index contributed by atoms with van der Waals surface area (Å²) >= 11 is 1.61. The molecule has 0 aliphatic rings. The zero-order valence-electron chi connectivity index (χ0n) is 11.3. The maximum atomic E-state index is 13.6. The summed E-state index contributed by atoms with van der Waals surface area (Å²) < 4.78 is 13.6. The van der Waals surface area contributed by atoms with Crippen LogP contribution in [0.5, 0.6) is 0 Å².